The van der Waals surface area contributed by atoms with E-state index >= 15 is 0 Å². The first-order chi connectivity index (χ1) is 7.70. The third-order valence-corrected chi connectivity index (χ3v) is 3.28. The number of nitrogens with one attached hydrogen (secondary N) is 1. The van der Waals surface area contributed by atoms with Crippen molar-refractivity contribution in [3.63, 3.8) is 0 Å². The van der Waals surface area contributed by atoms with Crippen LogP contribution in [0, 0.1) is 0 Å². The Morgan fingerprint density at radius 3 is 2.62 bits per heavy atom. The van der Waals surface area contributed by atoms with Gasteiger partial charge < -0.3 is 21.1 Å². The number of anilines is 2. The molecule has 0 saturated carbocycles. The van der Waals surface area contributed by atoms with E-state index in [4.69, 9.17) is 5.73 Å². The lowest BCUT2D eigenvalue weighted by Crippen LogP contribution is -2.41. The predicted octanol–water partition coefficient (Wildman–Crippen LogP) is 1.16. The number of hydrogen-bond acceptors (Lipinski definition) is 4. The fraction of sp³-hybridized carbons (Fsp3) is 0.500. The highest BCUT2D eigenvalue weighted by molar-refractivity contribution is 5.61. The predicted molar refractivity (Wildman–Crippen MR) is 66.8 cm³/mol. The highest BCUT2D eigenvalue weighted by Gasteiger charge is 2.18. The summed E-state index contributed by atoms with van der Waals surface area (Å²) >= 11 is 0. The van der Waals surface area contributed by atoms with Crippen LogP contribution in [0.1, 0.15) is 12.8 Å². The number of aromatic hydroxyl groups is 1. The van der Waals surface area contributed by atoms with E-state index in [1.54, 1.807) is 12.1 Å². The first kappa shape index (κ1) is 11.1. The molecule has 1 aromatic rings. The van der Waals surface area contributed by atoms with Crippen LogP contribution in [0.5, 0.6) is 5.75 Å². The molecule has 2 rings (SSSR count). The molecule has 0 spiro atoms. The first-order valence-corrected chi connectivity index (χ1v) is 5.71. The normalized spacial score (nSPS) is 17.7. The summed E-state index contributed by atoms with van der Waals surface area (Å²) in [5, 5.41) is 12.9. The molecule has 4 heteroatoms. The van der Waals surface area contributed by atoms with Crippen molar-refractivity contribution in [3.05, 3.63) is 18.2 Å². The number of phenols is 1. The van der Waals surface area contributed by atoms with Gasteiger partial charge >= 0.3 is 0 Å². The Bertz CT molecular complexity index is 359. The number of nitrogen functional groups attached to an aromatic ring is 1. The van der Waals surface area contributed by atoms with Crippen LogP contribution >= 0.6 is 0 Å². The van der Waals surface area contributed by atoms with Gasteiger partial charge in [-0.15, -0.1) is 0 Å². The molecule has 1 aliphatic heterocycles. The maximum absolute atomic E-state index is 9.56. The number of nitrogens with two attached hydrogens (primary N) is 1. The Balaban J connectivity index is 2.05. The molecule has 0 amide bonds. The number of rotatable bonds is 2. The van der Waals surface area contributed by atoms with E-state index < -0.39 is 0 Å². The van der Waals surface area contributed by atoms with Gasteiger partial charge in [0.25, 0.3) is 0 Å². The third-order valence-electron chi connectivity index (χ3n) is 3.28. The second-order valence-corrected chi connectivity index (χ2v) is 4.29. The lowest BCUT2D eigenvalue weighted by atomic mass is 10.0. The van der Waals surface area contributed by atoms with E-state index in [9.17, 15) is 5.11 Å². The van der Waals surface area contributed by atoms with Gasteiger partial charge in [0.15, 0.2) is 0 Å². The van der Waals surface area contributed by atoms with Gasteiger partial charge in [-0.1, -0.05) is 0 Å². The van der Waals surface area contributed by atoms with Gasteiger partial charge in [0.05, 0.1) is 5.69 Å². The highest BCUT2D eigenvalue weighted by atomic mass is 16.3. The van der Waals surface area contributed by atoms with Gasteiger partial charge in [-0.2, -0.15) is 0 Å². The van der Waals surface area contributed by atoms with E-state index in [2.05, 4.69) is 10.2 Å². The van der Waals surface area contributed by atoms with Crippen molar-refractivity contribution in [3.8, 4) is 5.75 Å². The van der Waals surface area contributed by atoms with Gasteiger partial charge in [0.1, 0.15) is 5.75 Å². The van der Waals surface area contributed by atoms with E-state index in [0.717, 1.165) is 31.6 Å². The van der Waals surface area contributed by atoms with Crippen molar-refractivity contribution in [2.24, 2.45) is 0 Å². The molecule has 0 aliphatic carbocycles. The first-order valence-electron chi connectivity index (χ1n) is 5.71. The van der Waals surface area contributed by atoms with E-state index in [1.165, 1.54) is 0 Å². The molecule has 16 heavy (non-hydrogen) atoms. The van der Waals surface area contributed by atoms with E-state index in [-0.39, 0.29) is 5.75 Å². The zero-order valence-electron chi connectivity index (χ0n) is 9.61. The van der Waals surface area contributed by atoms with E-state index in [1.807, 2.05) is 13.1 Å². The zero-order chi connectivity index (χ0) is 11.5. The Morgan fingerprint density at radius 1 is 1.38 bits per heavy atom. The van der Waals surface area contributed by atoms with Crippen LogP contribution in [0.25, 0.3) is 0 Å². The summed E-state index contributed by atoms with van der Waals surface area (Å²) in [7, 11) is 2.01. The zero-order valence-corrected chi connectivity index (χ0v) is 9.61. The van der Waals surface area contributed by atoms with Crippen molar-refractivity contribution in [1.29, 1.82) is 0 Å². The molecule has 0 aromatic heterocycles. The summed E-state index contributed by atoms with van der Waals surface area (Å²) in [6, 6.07) is 6.09. The Hall–Kier alpha value is -1.42. The minimum Gasteiger partial charge on any atom is -0.506 e. The molecule has 4 N–H and O–H groups in total. The van der Waals surface area contributed by atoms with Crippen molar-refractivity contribution >= 4 is 11.4 Å². The summed E-state index contributed by atoms with van der Waals surface area (Å²) in [6.45, 7) is 2.05. The van der Waals surface area contributed by atoms with Gasteiger partial charge in [-0.3, -0.25) is 0 Å². The van der Waals surface area contributed by atoms with E-state index in [0.29, 0.717) is 11.7 Å². The van der Waals surface area contributed by atoms with Crippen LogP contribution in [0.2, 0.25) is 0 Å². The Labute approximate surface area is 96.1 Å². The van der Waals surface area contributed by atoms with Crippen LogP contribution in [-0.4, -0.2) is 31.3 Å². The van der Waals surface area contributed by atoms with Crippen LogP contribution in [-0.2, 0) is 0 Å². The molecule has 88 valence electrons. The molecule has 0 unspecified atom stereocenters. The molecular weight excluding hydrogens is 202 g/mol. The molecule has 0 bridgehead atoms. The highest BCUT2D eigenvalue weighted by Crippen LogP contribution is 2.28. The van der Waals surface area contributed by atoms with Crippen LogP contribution in [0.3, 0.4) is 0 Å². The average Bonchev–Trinajstić information content (AvgIpc) is 2.33. The van der Waals surface area contributed by atoms with Crippen LogP contribution < -0.4 is 16.0 Å². The lowest BCUT2D eigenvalue weighted by molar-refractivity contribution is 0.441. The minimum absolute atomic E-state index is 0.174. The second kappa shape index (κ2) is 4.61. The molecule has 0 atom stereocenters. The fourth-order valence-corrected chi connectivity index (χ4v) is 2.16. The number of phenolic OH excluding ortho intramolecular Hbond substituents is 1. The summed E-state index contributed by atoms with van der Waals surface area (Å²) in [5.41, 5.74) is 7.08. The van der Waals surface area contributed by atoms with Gasteiger partial charge in [0.2, 0.25) is 0 Å². The Kier molecular flexibility index (Phi) is 3.19. The lowest BCUT2D eigenvalue weighted by Gasteiger charge is -2.33. The van der Waals surface area contributed by atoms with Crippen molar-refractivity contribution < 1.29 is 5.11 Å². The van der Waals surface area contributed by atoms with Crippen LogP contribution in [0.4, 0.5) is 11.4 Å². The molecule has 4 nitrogen and oxygen atoms in total. The number of nitrogens with zero attached hydrogens (tertiary/aromatic N) is 1. The van der Waals surface area contributed by atoms with Gasteiger partial charge in [0, 0.05) is 30.9 Å². The topological polar surface area (TPSA) is 61.5 Å². The summed E-state index contributed by atoms with van der Waals surface area (Å²) in [6.07, 6.45) is 2.28. The van der Waals surface area contributed by atoms with Gasteiger partial charge in [-0.25, -0.2) is 0 Å². The molecular formula is C12H19N3O. The molecule has 1 aliphatic rings. The SMILES string of the molecule is CNC1CCN(c2ccc(N)c(O)c2)CC1. The number of benzene rings is 1. The van der Waals surface area contributed by atoms with Crippen molar-refractivity contribution in [1.82, 2.24) is 5.32 Å². The third kappa shape index (κ3) is 2.22. The maximum atomic E-state index is 9.56. The average molecular weight is 221 g/mol. The quantitative estimate of drug-likeness (QED) is 0.518. The monoisotopic (exact) mass is 221 g/mol. The van der Waals surface area contributed by atoms with Gasteiger partial charge in [-0.05, 0) is 32.0 Å². The molecule has 1 saturated heterocycles. The summed E-state index contributed by atoms with van der Waals surface area (Å²) in [5.74, 6) is 0.174. The summed E-state index contributed by atoms with van der Waals surface area (Å²) < 4.78 is 0. The summed E-state index contributed by atoms with van der Waals surface area (Å²) in [4.78, 5) is 2.28. The standard InChI is InChI=1S/C12H19N3O/c1-14-9-4-6-15(7-5-9)10-2-3-11(13)12(16)8-10/h2-3,8-9,14,16H,4-7,13H2,1H3. The minimum atomic E-state index is 0.174. The fourth-order valence-electron chi connectivity index (χ4n) is 2.16. The van der Waals surface area contributed by atoms with Crippen LogP contribution in [0.15, 0.2) is 18.2 Å². The smallest absolute Gasteiger partial charge is 0.140 e. The number of piperidine rings is 1. The number of hydrogen-bond donors (Lipinski definition) is 3. The second-order valence-electron chi connectivity index (χ2n) is 4.29. The molecule has 1 fully saturated rings. The van der Waals surface area contributed by atoms with Crippen molar-refractivity contribution in [2.45, 2.75) is 18.9 Å². The largest absolute Gasteiger partial charge is 0.506 e. The van der Waals surface area contributed by atoms with Crippen molar-refractivity contribution in [2.75, 3.05) is 30.8 Å². The molecule has 0 radical (unpaired) electrons. The molecule has 1 aromatic carbocycles. The molecule has 1 heterocycles. The maximum Gasteiger partial charge on any atom is 0.140 e. The Morgan fingerprint density at radius 2 is 2.06 bits per heavy atom.